The molecule has 0 bridgehead atoms. The molecular weight excluding hydrogens is 154 g/mol. The van der Waals surface area contributed by atoms with Crippen LogP contribution in [0.1, 0.15) is 19.3 Å². The summed E-state index contributed by atoms with van der Waals surface area (Å²) >= 11 is 0. The lowest BCUT2D eigenvalue weighted by atomic mass is 10.2. The van der Waals surface area contributed by atoms with Crippen molar-refractivity contribution in [1.82, 2.24) is 5.32 Å². The van der Waals surface area contributed by atoms with Crippen LogP contribution in [0.2, 0.25) is 0 Å². The van der Waals surface area contributed by atoms with Crippen molar-refractivity contribution in [1.29, 1.82) is 0 Å². The number of hydrogen-bond acceptors (Lipinski definition) is 3. The number of ether oxygens (including phenoxy) is 2. The highest BCUT2D eigenvalue weighted by Crippen LogP contribution is 2.13. The van der Waals surface area contributed by atoms with Crippen LogP contribution >= 0.6 is 0 Å². The summed E-state index contributed by atoms with van der Waals surface area (Å²) in [6.07, 6.45) is 4.36. The zero-order chi connectivity index (χ0) is 8.23. The number of rotatable bonds is 3. The van der Waals surface area contributed by atoms with E-state index in [1.807, 2.05) is 0 Å². The lowest BCUT2D eigenvalue weighted by Gasteiger charge is -2.14. The summed E-state index contributed by atoms with van der Waals surface area (Å²) < 4.78 is 11.2. The molecule has 0 aromatic carbocycles. The molecule has 0 aromatic heterocycles. The van der Waals surface area contributed by atoms with E-state index in [-0.39, 0.29) is 0 Å². The molecular formula is C9H17NO2. The minimum absolute atomic E-state index is 0.380. The first-order valence-corrected chi connectivity index (χ1v) is 4.89. The summed E-state index contributed by atoms with van der Waals surface area (Å²) in [6.45, 7) is 3.85. The molecule has 1 N–H and O–H groups in total. The molecule has 2 aliphatic heterocycles. The standard InChI is InChI=1S/C9H17NO2/c1-2-9(11-5-1)7-12-8-3-4-10-6-8/h8-10H,1-7H2/t8-,9?/m1/s1. The van der Waals surface area contributed by atoms with Crippen molar-refractivity contribution >= 4 is 0 Å². The highest BCUT2D eigenvalue weighted by molar-refractivity contribution is 4.72. The van der Waals surface area contributed by atoms with Gasteiger partial charge >= 0.3 is 0 Å². The van der Waals surface area contributed by atoms with Gasteiger partial charge in [-0.15, -0.1) is 0 Å². The average Bonchev–Trinajstić information content (AvgIpc) is 2.74. The molecule has 0 aliphatic carbocycles. The van der Waals surface area contributed by atoms with E-state index in [0.717, 1.165) is 32.7 Å². The molecule has 70 valence electrons. The second-order valence-electron chi connectivity index (χ2n) is 3.58. The summed E-state index contributed by atoms with van der Waals surface area (Å²) in [4.78, 5) is 0. The summed E-state index contributed by atoms with van der Waals surface area (Å²) in [5.41, 5.74) is 0. The van der Waals surface area contributed by atoms with Crippen LogP contribution < -0.4 is 5.32 Å². The molecule has 0 spiro atoms. The summed E-state index contributed by atoms with van der Waals surface area (Å²) in [5.74, 6) is 0. The summed E-state index contributed by atoms with van der Waals surface area (Å²) in [6, 6.07) is 0. The first kappa shape index (κ1) is 8.48. The van der Waals surface area contributed by atoms with Crippen molar-refractivity contribution in [3.8, 4) is 0 Å². The van der Waals surface area contributed by atoms with Gasteiger partial charge in [0, 0.05) is 13.2 Å². The fraction of sp³-hybridized carbons (Fsp3) is 1.00. The third-order valence-electron chi connectivity index (χ3n) is 2.56. The largest absolute Gasteiger partial charge is 0.376 e. The Kier molecular flexibility index (Phi) is 2.98. The van der Waals surface area contributed by atoms with Crippen LogP contribution in [-0.4, -0.2) is 38.5 Å². The van der Waals surface area contributed by atoms with Crippen LogP contribution in [0.15, 0.2) is 0 Å². The molecule has 0 saturated carbocycles. The van der Waals surface area contributed by atoms with Gasteiger partial charge in [-0.05, 0) is 25.8 Å². The molecule has 3 nitrogen and oxygen atoms in total. The van der Waals surface area contributed by atoms with Gasteiger partial charge in [-0.25, -0.2) is 0 Å². The zero-order valence-corrected chi connectivity index (χ0v) is 7.42. The van der Waals surface area contributed by atoms with Crippen LogP contribution in [0.5, 0.6) is 0 Å². The molecule has 3 heteroatoms. The second kappa shape index (κ2) is 4.21. The summed E-state index contributed by atoms with van der Waals surface area (Å²) in [7, 11) is 0. The monoisotopic (exact) mass is 171 g/mol. The number of hydrogen-bond donors (Lipinski definition) is 1. The van der Waals surface area contributed by atoms with Gasteiger partial charge in [0.25, 0.3) is 0 Å². The van der Waals surface area contributed by atoms with Gasteiger partial charge in [0.1, 0.15) is 0 Å². The molecule has 0 amide bonds. The van der Waals surface area contributed by atoms with Gasteiger partial charge in [0.2, 0.25) is 0 Å². The first-order valence-electron chi connectivity index (χ1n) is 4.89. The Morgan fingerprint density at radius 1 is 1.42 bits per heavy atom. The minimum Gasteiger partial charge on any atom is -0.376 e. The molecule has 2 aliphatic rings. The number of nitrogens with one attached hydrogen (secondary N) is 1. The maximum Gasteiger partial charge on any atom is 0.0809 e. The van der Waals surface area contributed by atoms with Crippen molar-refractivity contribution < 1.29 is 9.47 Å². The fourth-order valence-electron chi connectivity index (χ4n) is 1.79. The second-order valence-corrected chi connectivity index (χ2v) is 3.58. The highest BCUT2D eigenvalue weighted by atomic mass is 16.5. The van der Waals surface area contributed by atoms with Gasteiger partial charge in [0.15, 0.2) is 0 Å². The van der Waals surface area contributed by atoms with E-state index < -0.39 is 0 Å². The Morgan fingerprint density at radius 3 is 3.08 bits per heavy atom. The van der Waals surface area contributed by atoms with E-state index in [2.05, 4.69) is 5.32 Å². The molecule has 2 atom stereocenters. The van der Waals surface area contributed by atoms with E-state index >= 15 is 0 Å². The summed E-state index contributed by atoms with van der Waals surface area (Å²) in [5, 5.41) is 3.28. The predicted octanol–water partition coefficient (Wildman–Crippen LogP) is 0.544. The van der Waals surface area contributed by atoms with E-state index in [1.165, 1.54) is 12.8 Å². The van der Waals surface area contributed by atoms with Gasteiger partial charge in [-0.1, -0.05) is 0 Å². The Balaban J connectivity index is 1.60. The lowest BCUT2D eigenvalue weighted by Crippen LogP contribution is -2.22. The van der Waals surface area contributed by atoms with Gasteiger partial charge < -0.3 is 14.8 Å². The first-order chi connectivity index (χ1) is 5.95. The van der Waals surface area contributed by atoms with Crippen molar-refractivity contribution in [2.75, 3.05) is 26.3 Å². The topological polar surface area (TPSA) is 30.5 Å². The Labute approximate surface area is 73.4 Å². The maximum atomic E-state index is 5.70. The van der Waals surface area contributed by atoms with Crippen molar-refractivity contribution in [2.24, 2.45) is 0 Å². The van der Waals surface area contributed by atoms with Crippen LogP contribution in [-0.2, 0) is 9.47 Å². The van der Waals surface area contributed by atoms with Crippen LogP contribution in [0.3, 0.4) is 0 Å². The molecule has 0 aromatic rings. The van der Waals surface area contributed by atoms with E-state index in [4.69, 9.17) is 9.47 Å². The quantitative estimate of drug-likeness (QED) is 0.672. The van der Waals surface area contributed by atoms with Crippen LogP contribution in [0.4, 0.5) is 0 Å². The van der Waals surface area contributed by atoms with Crippen molar-refractivity contribution in [3.63, 3.8) is 0 Å². The molecule has 2 heterocycles. The highest BCUT2D eigenvalue weighted by Gasteiger charge is 2.19. The van der Waals surface area contributed by atoms with Crippen molar-refractivity contribution in [3.05, 3.63) is 0 Å². The molecule has 2 fully saturated rings. The van der Waals surface area contributed by atoms with Gasteiger partial charge in [0.05, 0.1) is 18.8 Å². The van der Waals surface area contributed by atoms with Gasteiger partial charge in [-0.3, -0.25) is 0 Å². The molecule has 1 unspecified atom stereocenters. The lowest BCUT2D eigenvalue weighted by molar-refractivity contribution is -0.0131. The molecule has 12 heavy (non-hydrogen) atoms. The van der Waals surface area contributed by atoms with E-state index in [0.29, 0.717) is 12.2 Å². The predicted molar refractivity (Wildman–Crippen MR) is 46.2 cm³/mol. The Morgan fingerprint density at radius 2 is 2.42 bits per heavy atom. The normalized spacial score (nSPS) is 36.0. The minimum atomic E-state index is 0.380. The van der Waals surface area contributed by atoms with Gasteiger partial charge in [-0.2, -0.15) is 0 Å². The van der Waals surface area contributed by atoms with Crippen LogP contribution in [0, 0.1) is 0 Å². The smallest absolute Gasteiger partial charge is 0.0809 e. The average molecular weight is 171 g/mol. The Hall–Kier alpha value is -0.120. The third kappa shape index (κ3) is 2.19. The molecule has 2 rings (SSSR count). The SMILES string of the molecule is C1COC(CO[C@@H]2CCNC2)C1. The Bertz CT molecular complexity index is 112. The van der Waals surface area contributed by atoms with Crippen LogP contribution in [0.25, 0.3) is 0 Å². The third-order valence-corrected chi connectivity index (χ3v) is 2.56. The zero-order valence-electron chi connectivity index (χ0n) is 7.42. The molecule has 0 radical (unpaired) electrons. The maximum absolute atomic E-state index is 5.70. The van der Waals surface area contributed by atoms with E-state index in [1.54, 1.807) is 0 Å². The fourth-order valence-corrected chi connectivity index (χ4v) is 1.79. The van der Waals surface area contributed by atoms with E-state index in [9.17, 15) is 0 Å². The molecule has 2 saturated heterocycles. The van der Waals surface area contributed by atoms with Crippen molar-refractivity contribution in [2.45, 2.75) is 31.5 Å².